The monoisotopic (exact) mass is 474 g/mol. The van der Waals surface area contributed by atoms with Crippen molar-refractivity contribution >= 4 is 34.1 Å². The Morgan fingerprint density at radius 2 is 2.09 bits per heavy atom. The van der Waals surface area contributed by atoms with Crippen LogP contribution in [-0.4, -0.2) is 38.6 Å². The Labute approximate surface area is 190 Å². The first-order chi connectivity index (χ1) is 15.7. The molecule has 1 amide bonds. The van der Waals surface area contributed by atoms with Crippen molar-refractivity contribution in [2.24, 2.45) is 5.73 Å². The highest BCUT2D eigenvalue weighted by Gasteiger charge is 2.41. The van der Waals surface area contributed by atoms with Gasteiger partial charge in [-0.3, -0.25) is 9.78 Å². The molecule has 1 saturated heterocycles. The number of nitrogens with one attached hydrogen (secondary N) is 1. The van der Waals surface area contributed by atoms with Gasteiger partial charge in [-0.2, -0.15) is 18.3 Å². The number of pyridine rings is 1. The topological polar surface area (TPSA) is 98.2 Å². The minimum absolute atomic E-state index is 0.151. The van der Waals surface area contributed by atoms with E-state index >= 15 is 0 Å². The molecule has 0 bridgehead atoms. The van der Waals surface area contributed by atoms with Gasteiger partial charge in [0.2, 0.25) is 0 Å². The molecule has 0 saturated carbocycles. The van der Waals surface area contributed by atoms with Gasteiger partial charge in [-0.1, -0.05) is 17.7 Å². The van der Waals surface area contributed by atoms with E-state index in [1.54, 1.807) is 31.3 Å². The van der Waals surface area contributed by atoms with Crippen LogP contribution in [0.1, 0.15) is 39.8 Å². The van der Waals surface area contributed by atoms with Crippen LogP contribution in [0.5, 0.6) is 0 Å². The predicted octanol–water partition coefficient (Wildman–Crippen LogP) is 4.10. The number of nitrogens with zero attached hydrogens (tertiary/aromatic N) is 4. The summed E-state index contributed by atoms with van der Waals surface area (Å²) in [4.78, 5) is 20.8. The van der Waals surface area contributed by atoms with Gasteiger partial charge < -0.3 is 11.1 Å². The Balaban J connectivity index is 1.92. The standard InChI is InChI=1S/C22H18ClF3N6O/c1-10-16(14-5-7-29-15-8-12(23)2-3-13(14)15)18(11-4-6-28-9-11)32-21(30-10)17(20(27)33)19(31-32)22(24,25)26/h2-3,5,7-8,11,28H,4,6,9H2,1H3,(H2,27,33)/t11-/m1/s1. The van der Waals surface area contributed by atoms with Crippen molar-refractivity contribution in [1.82, 2.24) is 24.9 Å². The fraction of sp³-hybridized carbons (Fsp3) is 0.273. The van der Waals surface area contributed by atoms with Crippen molar-refractivity contribution < 1.29 is 18.0 Å². The molecule has 0 spiro atoms. The Kier molecular flexibility index (Phi) is 5.02. The molecule has 170 valence electrons. The molecule has 0 unspecified atom stereocenters. The van der Waals surface area contributed by atoms with Crippen LogP contribution in [0.25, 0.3) is 27.7 Å². The summed E-state index contributed by atoms with van der Waals surface area (Å²) >= 11 is 6.13. The van der Waals surface area contributed by atoms with Crippen LogP contribution < -0.4 is 11.1 Å². The summed E-state index contributed by atoms with van der Waals surface area (Å²) in [7, 11) is 0. The molecule has 4 aromatic rings. The average molecular weight is 475 g/mol. The molecule has 1 atom stereocenters. The highest BCUT2D eigenvalue weighted by molar-refractivity contribution is 6.31. The molecular weight excluding hydrogens is 457 g/mol. The molecule has 3 N–H and O–H groups in total. The summed E-state index contributed by atoms with van der Waals surface area (Å²) in [5, 5.41) is 8.38. The van der Waals surface area contributed by atoms with Gasteiger partial charge in [-0.25, -0.2) is 9.50 Å². The van der Waals surface area contributed by atoms with Crippen LogP contribution >= 0.6 is 11.6 Å². The van der Waals surface area contributed by atoms with E-state index in [1.165, 1.54) is 0 Å². The molecule has 1 fully saturated rings. The second-order valence-electron chi connectivity index (χ2n) is 7.99. The largest absolute Gasteiger partial charge is 0.436 e. The fourth-order valence-electron chi connectivity index (χ4n) is 4.55. The number of carbonyl (C=O) groups is 1. The highest BCUT2D eigenvalue weighted by atomic mass is 35.5. The summed E-state index contributed by atoms with van der Waals surface area (Å²) in [5.74, 6) is -1.38. The molecule has 0 aliphatic carbocycles. The predicted molar refractivity (Wildman–Crippen MR) is 117 cm³/mol. The van der Waals surface area contributed by atoms with Gasteiger partial charge in [0.05, 0.1) is 11.2 Å². The van der Waals surface area contributed by atoms with E-state index in [-0.39, 0.29) is 11.6 Å². The summed E-state index contributed by atoms with van der Waals surface area (Å²) in [6, 6.07) is 7.06. The smallest absolute Gasteiger partial charge is 0.365 e. The molecule has 33 heavy (non-hydrogen) atoms. The SMILES string of the molecule is Cc1nc2c(C(N)=O)c(C(F)(F)F)nn2c([C@@H]2CCNC2)c1-c1ccnc2cc(Cl)ccc12. The lowest BCUT2D eigenvalue weighted by Crippen LogP contribution is -2.18. The molecule has 0 radical (unpaired) electrons. The number of halogens is 4. The summed E-state index contributed by atoms with van der Waals surface area (Å²) in [6.45, 7) is 2.96. The third-order valence-electron chi connectivity index (χ3n) is 5.92. The van der Waals surface area contributed by atoms with Crippen LogP contribution in [0.4, 0.5) is 13.2 Å². The van der Waals surface area contributed by atoms with Gasteiger partial charge in [-0.05, 0) is 43.7 Å². The quantitative estimate of drug-likeness (QED) is 0.466. The number of carbonyl (C=O) groups excluding carboxylic acids is 1. The molecule has 7 nitrogen and oxygen atoms in total. The first-order valence-corrected chi connectivity index (χ1v) is 10.6. The number of aromatic nitrogens is 4. The maximum Gasteiger partial charge on any atom is 0.436 e. The van der Waals surface area contributed by atoms with Gasteiger partial charge in [0, 0.05) is 40.3 Å². The Morgan fingerprint density at radius 1 is 1.30 bits per heavy atom. The first-order valence-electron chi connectivity index (χ1n) is 10.2. The van der Waals surface area contributed by atoms with Crippen molar-refractivity contribution in [3.05, 3.63) is 58.1 Å². The van der Waals surface area contributed by atoms with Crippen LogP contribution in [0.3, 0.4) is 0 Å². The Morgan fingerprint density at radius 3 is 2.76 bits per heavy atom. The second-order valence-corrected chi connectivity index (χ2v) is 8.42. The molecule has 1 aromatic carbocycles. The molecule has 3 aromatic heterocycles. The number of hydrogen-bond acceptors (Lipinski definition) is 5. The van der Waals surface area contributed by atoms with Gasteiger partial charge >= 0.3 is 6.18 Å². The summed E-state index contributed by atoms with van der Waals surface area (Å²) < 4.78 is 42.5. The van der Waals surface area contributed by atoms with E-state index in [2.05, 4.69) is 20.4 Å². The van der Waals surface area contributed by atoms with Gasteiger partial charge in [0.15, 0.2) is 11.3 Å². The zero-order valence-electron chi connectivity index (χ0n) is 17.4. The zero-order valence-corrected chi connectivity index (χ0v) is 18.1. The number of aryl methyl sites for hydroxylation is 1. The third kappa shape index (κ3) is 3.50. The lowest BCUT2D eigenvalue weighted by Gasteiger charge is -2.20. The maximum absolute atomic E-state index is 13.8. The van der Waals surface area contributed by atoms with E-state index in [1.807, 2.05) is 6.07 Å². The van der Waals surface area contributed by atoms with Crippen LogP contribution in [0.15, 0.2) is 30.5 Å². The number of amides is 1. The lowest BCUT2D eigenvalue weighted by atomic mass is 9.91. The first kappa shape index (κ1) is 21.6. The zero-order chi connectivity index (χ0) is 23.5. The number of nitrogens with two attached hydrogens (primary N) is 1. The van der Waals surface area contributed by atoms with Gasteiger partial charge in [0.25, 0.3) is 5.91 Å². The van der Waals surface area contributed by atoms with Crippen LogP contribution in [0.2, 0.25) is 5.02 Å². The van der Waals surface area contributed by atoms with Gasteiger partial charge in [-0.15, -0.1) is 0 Å². The maximum atomic E-state index is 13.8. The van der Waals surface area contributed by atoms with Crippen molar-refractivity contribution in [1.29, 1.82) is 0 Å². The second kappa shape index (κ2) is 7.67. The number of hydrogen-bond donors (Lipinski definition) is 2. The third-order valence-corrected chi connectivity index (χ3v) is 6.15. The Bertz CT molecular complexity index is 1430. The van der Waals surface area contributed by atoms with E-state index < -0.39 is 23.3 Å². The number of benzene rings is 1. The summed E-state index contributed by atoms with van der Waals surface area (Å²) in [6.07, 6.45) is -2.56. The number of alkyl halides is 3. The number of rotatable bonds is 3. The van der Waals surface area contributed by atoms with Gasteiger partial charge in [0.1, 0.15) is 5.56 Å². The van der Waals surface area contributed by atoms with Crippen LogP contribution in [0, 0.1) is 6.92 Å². The lowest BCUT2D eigenvalue weighted by molar-refractivity contribution is -0.141. The summed E-state index contributed by atoms with van der Waals surface area (Å²) in [5.41, 5.74) is 6.14. The number of primary amides is 1. The van der Waals surface area contributed by atoms with Crippen molar-refractivity contribution in [2.75, 3.05) is 13.1 Å². The number of fused-ring (bicyclic) bond motifs is 2. The van der Waals surface area contributed by atoms with E-state index in [0.29, 0.717) is 47.0 Å². The molecule has 5 rings (SSSR count). The van der Waals surface area contributed by atoms with E-state index in [4.69, 9.17) is 17.3 Å². The minimum atomic E-state index is -4.86. The van der Waals surface area contributed by atoms with Crippen molar-refractivity contribution in [2.45, 2.75) is 25.4 Å². The molecular formula is C22H18ClF3N6O. The normalized spacial score (nSPS) is 16.7. The minimum Gasteiger partial charge on any atom is -0.365 e. The Hall–Kier alpha value is -3.24. The fourth-order valence-corrected chi connectivity index (χ4v) is 4.72. The van der Waals surface area contributed by atoms with Crippen molar-refractivity contribution in [3.8, 4) is 11.1 Å². The molecule has 1 aliphatic heterocycles. The van der Waals surface area contributed by atoms with Crippen LogP contribution in [-0.2, 0) is 6.18 Å². The average Bonchev–Trinajstić information content (AvgIpc) is 3.40. The molecule has 1 aliphatic rings. The highest BCUT2D eigenvalue weighted by Crippen LogP contribution is 2.40. The van der Waals surface area contributed by atoms with E-state index in [9.17, 15) is 18.0 Å². The van der Waals surface area contributed by atoms with Crippen molar-refractivity contribution in [3.63, 3.8) is 0 Å². The molecule has 11 heteroatoms. The van der Waals surface area contributed by atoms with E-state index in [0.717, 1.165) is 15.5 Å². The molecule has 4 heterocycles.